The number of rotatable bonds is 9. The Morgan fingerprint density at radius 2 is 1.57 bits per heavy atom. The third-order valence-electron chi connectivity index (χ3n) is 3.81. The summed E-state index contributed by atoms with van der Waals surface area (Å²) in [6, 6.07) is 4.57. The third-order valence-corrected chi connectivity index (χ3v) is 4.70. The molecule has 0 radical (unpaired) electrons. The van der Waals surface area contributed by atoms with Gasteiger partial charge in [0.25, 0.3) is 0 Å². The molecule has 3 N–H and O–H groups in total. The van der Waals surface area contributed by atoms with Crippen LogP contribution in [0.2, 0.25) is 0 Å². The van der Waals surface area contributed by atoms with E-state index in [1.54, 1.807) is 5.48 Å². The van der Waals surface area contributed by atoms with Crippen LogP contribution in [-0.2, 0) is 15.8 Å². The number of benzene rings is 1. The van der Waals surface area contributed by atoms with Crippen molar-refractivity contribution in [2.45, 2.75) is 44.7 Å². The molecule has 11 heteroatoms. The van der Waals surface area contributed by atoms with Crippen LogP contribution in [0.25, 0.3) is 10.6 Å². The van der Waals surface area contributed by atoms with Gasteiger partial charge in [0.2, 0.25) is 16.9 Å². The number of anilines is 1. The molecule has 152 valence electrons. The second-order valence-electron chi connectivity index (χ2n) is 5.98. The Bertz CT molecular complexity index is 794. The van der Waals surface area contributed by atoms with Crippen LogP contribution in [0.15, 0.2) is 24.3 Å². The summed E-state index contributed by atoms with van der Waals surface area (Å²) in [5.41, 5.74) is 1.30. The van der Waals surface area contributed by atoms with Gasteiger partial charge >= 0.3 is 6.18 Å². The predicted molar refractivity (Wildman–Crippen MR) is 96.6 cm³/mol. The molecule has 1 aromatic carbocycles. The standard InChI is InChI=1S/C17H19F3N4O3S/c18-17(19,20)12-9-7-11(8-10-12)15-22-23-16(28-15)21-13(25)5-3-1-2-4-6-14(26)24-27/h7-10,27H,1-6H2,(H,24,26)(H,21,23,25). The lowest BCUT2D eigenvalue weighted by atomic mass is 10.1. The summed E-state index contributed by atoms with van der Waals surface area (Å²) in [4.78, 5) is 22.7. The second kappa shape index (κ2) is 10.1. The number of amides is 2. The molecule has 2 aromatic rings. The second-order valence-corrected chi connectivity index (χ2v) is 6.96. The Hall–Kier alpha value is -2.53. The Labute approximate surface area is 162 Å². The molecule has 0 aliphatic carbocycles. The average molecular weight is 416 g/mol. The molecule has 0 bridgehead atoms. The van der Waals surface area contributed by atoms with Gasteiger partial charge in [-0.15, -0.1) is 10.2 Å². The van der Waals surface area contributed by atoms with Gasteiger partial charge < -0.3 is 5.32 Å². The number of nitrogens with one attached hydrogen (secondary N) is 2. The van der Waals surface area contributed by atoms with Gasteiger partial charge in [-0.2, -0.15) is 13.2 Å². The minimum absolute atomic E-state index is 0.233. The molecule has 2 amide bonds. The van der Waals surface area contributed by atoms with Crippen LogP contribution in [0.5, 0.6) is 0 Å². The fraction of sp³-hybridized carbons (Fsp3) is 0.412. The van der Waals surface area contributed by atoms with E-state index in [1.165, 1.54) is 12.1 Å². The predicted octanol–water partition coefficient (Wildman–Crippen LogP) is 4.01. The molecular formula is C17H19F3N4O3S. The number of hydroxylamine groups is 1. The Balaban J connectivity index is 1.76. The van der Waals surface area contributed by atoms with Crippen LogP contribution < -0.4 is 10.8 Å². The van der Waals surface area contributed by atoms with E-state index in [1.807, 2.05) is 0 Å². The lowest BCUT2D eigenvalue weighted by Crippen LogP contribution is -2.17. The summed E-state index contributed by atoms with van der Waals surface area (Å²) in [7, 11) is 0. The zero-order valence-electron chi connectivity index (χ0n) is 14.8. The van der Waals surface area contributed by atoms with Gasteiger partial charge in [0.05, 0.1) is 5.56 Å². The first kappa shape index (κ1) is 21.8. The van der Waals surface area contributed by atoms with Crippen LogP contribution in [0.3, 0.4) is 0 Å². The fourth-order valence-corrected chi connectivity index (χ4v) is 3.12. The first-order chi connectivity index (χ1) is 13.3. The lowest BCUT2D eigenvalue weighted by Gasteiger charge is -2.06. The van der Waals surface area contributed by atoms with E-state index in [-0.39, 0.29) is 23.9 Å². The lowest BCUT2D eigenvalue weighted by molar-refractivity contribution is -0.137. The number of aromatic nitrogens is 2. The van der Waals surface area contributed by atoms with Crippen molar-refractivity contribution in [2.75, 3.05) is 5.32 Å². The maximum absolute atomic E-state index is 12.6. The van der Waals surface area contributed by atoms with Gasteiger partial charge in [-0.25, -0.2) is 5.48 Å². The molecule has 0 spiro atoms. The molecule has 2 rings (SSSR count). The van der Waals surface area contributed by atoms with Crippen LogP contribution in [-0.4, -0.2) is 27.2 Å². The van der Waals surface area contributed by atoms with Crippen molar-refractivity contribution in [2.24, 2.45) is 0 Å². The smallest absolute Gasteiger partial charge is 0.301 e. The van der Waals surface area contributed by atoms with Crippen molar-refractivity contribution in [1.82, 2.24) is 15.7 Å². The van der Waals surface area contributed by atoms with Gasteiger partial charge in [-0.1, -0.05) is 36.3 Å². The summed E-state index contributed by atoms with van der Waals surface area (Å²) in [5.74, 6) is -0.666. The maximum atomic E-state index is 12.6. The molecule has 1 heterocycles. The summed E-state index contributed by atoms with van der Waals surface area (Å²) in [5, 5.41) is 19.4. The van der Waals surface area contributed by atoms with Crippen molar-refractivity contribution < 1.29 is 28.0 Å². The molecule has 1 aromatic heterocycles. The fourth-order valence-electron chi connectivity index (χ4n) is 2.35. The first-order valence-corrected chi connectivity index (χ1v) is 9.35. The maximum Gasteiger partial charge on any atom is 0.416 e. The molecule has 0 unspecified atom stereocenters. The topological polar surface area (TPSA) is 104 Å². The van der Waals surface area contributed by atoms with E-state index in [0.29, 0.717) is 23.4 Å². The van der Waals surface area contributed by atoms with Gasteiger partial charge in [-0.3, -0.25) is 14.8 Å². The average Bonchev–Trinajstić information content (AvgIpc) is 3.12. The molecule has 0 saturated carbocycles. The van der Waals surface area contributed by atoms with Crippen LogP contribution in [0.1, 0.15) is 44.1 Å². The SMILES string of the molecule is O=C(CCCCCCC(=O)Nc1nnc(-c2ccc(C(F)(F)F)cc2)s1)NO. The Kier molecular flexibility index (Phi) is 7.88. The van der Waals surface area contributed by atoms with Gasteiger partial charge in [0.1, 0.15) is 5.01 Å². The monoisotopic (exact) mass is 416 g/mol. The normalized spacial score (nSPS) is 11.3. The molecule has 28 heavy (non-hydrogen) atoms. The zero-order chi connectivity index (χ0) is 20.6. The number of alkyl halides is 3. The summed E-state index contributed by atoms with van der Waals surface area (Å²) < 4.78 is 37.8. The van der Waals surface area contributed by atoms with E-state index < -0.39 is 17.6 Å². The van der Waals surface area contributed by atoms with Crippen molar-refractivity contribution >= 4 is 28.3 Å². The molecular weight excluding hydrogens is 397 g/mol. The van der Waals surface area contributed by atoms with E-state index >= 15 is 0 Å². The van der Waals surface area contributed by atoms with Crippen LogP contribution in [0, 0.1) is 0 Å². The van der Waals surface area contributed by atoms with Gasteiger partial charge in [-0.05, 0) is 25.0 Å². The minimum Gasteiger partial charge on any atom is -0.301 e. The highest BCUT2D eigenvalue weighted by Gasteiger charge is 2.30. The summed E-state index contributed by atoms with van der Waals surface area (Å²) in [6.07, 6.45) is -1.10. The minimum atomic E-state index is -4.40. The molecule has 0 aliphatic heterocycles. The van der Waals surface area contributed by atoms with Crippen molar-refractivity contribution in [3.63, 3.8) is 0 Å². The Morgan fingerprint density at radius 1 is 0.964 bits per heavy atom. The molecule has 7 nitrogen and oxygen atoms in total. The Morgan fingerprint density at radius 3 is 2.14 bits per heavy atom. The summed E-state index contributed by atoms with van der Waals surface area (Å²) >= 11 is 1.08. The van der Waals surface area contributed by atoms with E-state index in [2.05, 4.69) is 15.5 Å². The van der Waals surface area contributed by atoms with Crippen LogP contribution >= 0.6 is 11.3 Å². The molecule has 0 fully saturated rings. The highest BCUT2D eigenvalue weighted by Crippen LogP contribution is 2.32. The largest absolute Gasteiger partial charge is 0.416 e. The highest BCUT2D eigenvalue weighted by molar-refractivity contribution is 7.18. The van der Waals surface area contributed by atoms with Gasteiger partial charge in [0, 0.05) is 18.4 Å². The van der Waals surface area contributed by atoms with Crippen molar-refractivity contribution in [3.8, 4) is 10.6 Å². The van der Waals surface area contributed by atoms with Crippen molar-refractivity contribution in [3.05, 3.63) is 29.8 Å². The number of hydrogen-bond donors (Lipinski definition) is 3. The van der Waals surface area contributed by atoms with E-state index in [4.69, 9.17) is 5.21 Å². The molecule has 0 atom stereocenters. The van der Waals surface area contributed by atoms with Crippen molar-refractivity contribution in [1.29, 1.82) is 0 Å². The van der Waals surface area contributed by atoms with E-state index in [9.17, 15) is 22.8 Å². The first-order valence-electron chi connectivity index (χ1n) is 8.53. The van der Waals surface area contributed by atoms with Crippen LogP contribution in [0.4, 0.5) is 18.3 Å². The molecule has 0 aliphatic rings. The summed E-state index contributed by atoms with van der Waals surface area (Å²) in [6.45, 7) is 0. The van der Waals surface area contributed by atoms with E-state index in [0.717, 1.165) is 36.3 Å². The van der Waals surface area contributed by atoms with Gasteiger partial charge in [0.15, 0.2) is 0 Å². The highest BCUT2D eigenvalue weighted by atomic mass is 32.1. The number of unbranched alkanes of at least 4 members (excludes halogenated alkanes) is 3. The quantitative estimate of drug-likeness (QED) is 0.326. The third kappa shape index (κ3) is 6.89. The molecule has 0 saturated heterocycles. The number of nitrogens with zero attached hydrogens (tertiary/aromatic N) is 2. The number of halogens is 3. The zero-order valence-corrected chi connectivity index (χ0v) is 15.6. The number of hydrogen-bond acceptors (Lipinski definition) is 6. The number of carbonyl (C=O) groups excluding carboxylic acids is 2. The number of carbonyl (C=O) groups is 2.